The Kier molecular flexibility index (Phi) is 4.15. The average molecular weight is 335 g/mol. The second kappa shape index (κ2) is 6.28. The Bertz CT molecular complexity index is 1020. The van der Waals surface area contributed by atoms with Crippen LogP contribution in [-0.2, 0) is 0 Å². The molecule has 0 amide bonds. The summed E-state index contributed by atoms with van der Waals surface area (Å²) in [5.41, 5.74) is 3.36. The molecule has 5 heteroatoms. The second-order valence-electron chi connectivity index (χ2n) is 5.90. The number of carbonyl (C=O) groups is 1. The van der Waals surface area contributed by atoms with Gasteiger partial charge in [0.2, 0.25) is 0 Å². The van der Waals surface area contributed by atoms with Crippen LogP contribution >= 0.6 is 0 Å². The first-order valence-electron chi connectivity index (χ1n) is 7.71. The van der Waals surface area contributed by atoms with Gasteiger partial charge in [-0.1, -0.05) is 12.1 Å². The highest BCUT2D eigenvalue weighted by Gasteiger charge is 2.09. The fourth-order valence-electron chi connectivity index (χ4n) is 2.72. The summed E-state index contributed by atoms with van der Waals surface area (Å²) in [4.78, 5) is 15.5. The van der Waals surface area contributed by atoms with Gasteiger partial charge in [0.1, 0.15) is 17.0 Å². The molecule has 5 nitrogen and oxygen atoms in total. The predicted octanol–water partition coefficient (Wildman–Crippen LogP) is 4.13. The van der Waals surface area contributed by atoms with Gasteiger partial charge in [0, 0.05) is 10.9 Å². The number of rotatable bonds is 3. The number of aromatic nitrogens is 1. The number of hydrogen-bond donors (Lipinski definition) is 3. The molecule has 0 aliphatic rings. The summed E-state index contributed by atoms with van der Waals surface area (Å²) in [6, 6.07) is 9.66. The lowest BCUT2D eigenvalue weighted by Crippen LogP contribution is -1.95. The molecular weight excluding hydrogens is 318 g/mol. The van der Waals surface area contributed by atoms with Crippen LogP contribution in [0.15, 0.2) is 36.4 Å². The zero-order valence-corrected chi connectivity index (χ0v) is 13.8. The van der Waals surface area contributed by atoms with E-state index in [1.54, 1.807) is 18.2 Å². The minimum Gasteiger partial charge on any atom is -0.507 e. The number of nitrogens with zero attached hydrogens (tertiary/aromatic N) is 1. The Morgan fingerprint density at radius 2 is 1.76 bits per heavy atom. The molecule has 0 saturated carbocycles. The lowest BCUT2D eigenvalue weighted by molar-refractivity contribution is 0.0697. The Labute approximate surface area is 144 Å². The van der Waals surface area contributed by atoms with Crippen molar-refractivity contribution in [2.24, 2.45) is 0 Å². The van der Waals surface area contributed by atoms with E-state index in [-0.39, 0.29) is 17.1 Å². The quantitative estimate of drug-likeness (QED) is 0.669. The zero-order valence-electron chi connectivity index (χ0n) is 13.8. The molecule has 0 radical (unpaired) electrons. The number of carboxylic acid groups (broad SMARTS) is 1. The van der Waals surface area contributed by atoms with E-state index in [0.29, 0.717) is 16.8 Å². The summed E-state index contributed by atoms with van der Waals surface area (Å²) in [6.07, 6.45) is 3.26. The minimum absolute atomic E-state index is 0.0171. The maximum Gasteiger partial charge on any atom is 0.335 e. The molecule has 126 valence electrons. The number of aryl methyl sites for hydroxylation is 2. The number of carboxylic acids is 1. The molecule has 1 aromatic heterocycles. The summed E-state index contributed by atoms with van der Waals surface area (Å²) in [7, 11) is 0. The fraction of sp³-hybridized carbons (Fsp3) is 0.100. The van der Waals surface area contributed by atoms with E-state index in [9.17, 15) is 15.0 Å². The topological polar surface area (TPSA) is 90.7 Å². The molecule has 0 aliphatic carbocycles. The van der Waals surface area contributed by atoms with Gasteiger partial charge in [-0.3, -0.25) is 0 Å². The van der Waals surface area contributed by atoms with Gasteiger partial charge >= 0.3 is 5.97 Å². The summed E-state index contributed by atoms with van der Waals surface area (Å²) < 4.78 is 0. The molecule has 0 atom stereocenters. The van der Waals surface area contributed by atoms with Crippen molar-refractivity contribution in [2.45, 2.75) is 13.8 Å². The van der Waals surface area contributed by atoms with Crippen LogP contribution in [0.1, 0.15) is 32.7 Å². The lowest BCUT2D eigenvalue weighted by atomic mass is 10.0. The van der Waals surface area contributed by atoms with Crippen molar-refractivity contribution in [2.75, 3.05) is 0 Å². The predicted molar refractivity (Wildman–Crippen MR) is 96.9 cm³/mol. The largest absolute Gasteiger partial charge is 0.507 e. The van der Waals surface area contributed by atoms with Crippen LogP contribution < -0.4 is 0 Å². The monoisotopic (exact) mass is 335 g/mol. The maximum atomic E-state index is 11.0. The molecule has 3 aromatic rings. The van der Waals surface area contributed by atoms with E-state index < -0.39 is 5.97 Å². The molecule has 3 N–H and O–H groups in total. The number of aromatic carboxylic acids is 1. The third-order valence-electron chi connectivity index (χ3n) is 4.08. The molecule has 0 spiro atoms. The van der Waals surface area contributed by atoms with Gasteiger partial charge in [-0.15, -0.1) is 0 Å². The van der Waals surface area contributed by atoms with Gasteiger partial charge in [-0.25, -0.2) is 9.78 Å². The van der Waals surface area contributed by atoms with E-state index in [4.69, 9.17) is 5.11 Å². The van der Waals surface area contributed by atoms with Gasteiger partial charge in [-0.2, -0.15) is 0 Å². The average Bonchev–Trinajstić information content (AvgIpc) is 2.58. The molecule has 0 unspecified atom stereocenters. The van der Waals surface area contributed by atoms with E-state index >= 15 is 0 Å². The number of phenolic OH excluding ortho intramolecular Hbond substituents is 2. The zero-order chi connectivity index (χ0) is 18.1. The van der Waals surface area contributed by atoms with Crippen LogP contribution in [-0.4, -0.2) is 26.3 Å². The van der Waals surface area contributed by atoms with Gasteiger partial charge < -0.3 is 15.3 Å². The molecule has 2 aromatic carbocycles. The second-order valence-corrected chi connectivity index (χ2v) is 5.90. The summed E-state index contributed by atoms with van der Waals surface area (Å²) in [5, 5.41) is 30.0. The van der Waals surface area contributed by atoms with E-state index in [0.717, 1.165) is 16.5 Å². The number of benzene rings is 2. The van der Waals surface area contributed by atoms with Crippen molar-refractivity contribution in [3.8, 4) is 11.5 Å². The highest BCUT2D eigenvalue weighted by Crippen LogP contribution is 2.30. The van der Waals surface area contributed by atoms with Crippen molar-refractivity contribution >= 4 is 29.0 Å². The maximum absolute atomic E-state index is 11.0. The van der Waals surface area contributed by atoms with Crippen LogP contribution in [0.2, 0.25) is 0 Å². The lowest BCUT2D eigenvalue weighted by Gasteiger charge is -2.08. The van der Waals surface area contributed by atoms with Crippen LogP contribution in [0.3, 0.4) is 0 Å². The molecule has 0 bridgehead atoms. The van der Waals surface area contributed by atoms with E-state index in [1.165, 1.54) is 18.2 Å². The molecular formula is C20H17NO4. The Morgan fingerprint density at radius 1 is 1.00 bits per heavy atom. The molecule has 0 saturated heterocycles. The van der Waals surface area contributed by atoms with Crippen LogP contribution in [0.4, 0.5) is 0 Å². The smallest absolute Gasteiger partial charge is 0.335 e. The van der Waals surface area contributed by atoms with Gasteiger partial charge in [0.15, 0.2) is 0 Å². The highest BCUT2D eigenvalue weighted by atomic mass is 16.4. The van der Waals surface area contributed by atoms with E-state index in [2.05, 4.69) is 4.98 Å². The molecule has 25 heavy (non-hydrogen) atoms. The van der Waals surface area contributed by atoms with Crippen molar-refractivity contribution in [1.82, 2.24) is 4.98 Å². The van der Waals surface area contributed by atoms with Crippen LogP contribution in [0, 0.1) is 13.8 Å². The number of pyridine rings is 1. The van der Waals surface area contributed by atoms with Crippen LogP contribution in [0.25, 0.3) is 23.1 Å². The summed E-state index contributed by atoms with van der Waals surface area (Å²) >= 11 is 0. The molecule has 0 aliphatic heterocycles. The Hall–Kier alpha value is -3.34. The first kappa shape index (κ1) is 16.5. The number of fused-ring (bicyclic) bond motifs is 1. The Morgan fingerprint density at radius 3 is 2.48 bits per heavy atom. The first-order valence-corrected chi connectivity index (χ1v) is 7.71. The third kappa shape index (κ3) is 3.17. The molecule has 0 fully saturated rings. The van der Waals surface area contributed by atoms with Crippen molar-refractivity contribution in [3.63, 3.8) is 0 Å². The minimum atomic E-state index is -1.06. The molecule has 3 rings (SSSR count). The van der Waals surface area contributed by atoms with Crippen molar-refractivity contribution in [1.29, 1.82) is 0 Å². The number of phenols is 2. The van der Waals surface area contributed by atoms with Crippen molar-refractivity contribution < 1.29 is 20.1 Å². The van der Waals surface area contributed by atoms with Gasteiger partial charge in [0.25, 0.3) is 0 Å². The molecule has 1 heterocycles. The number of aromatic hydroxyl groups is 2. The summed E-state index contributed by atoms with van der Waals surface area (Å²) in [5.74, 6) is -0.933. The standard InChI is InChI=1S/C20H17NO4/c1-11-9-12(2)19(23)18-16(11)7-6-15(21-18)5-3-13-10-14(20(24)25)4-8-17(13)22/h3-10,22-23H,1-2H3,(H,24,25)/b5-3+. The SMILES string of the molecule is Cc1cc(C)c2ccc(/C=C/c3cc(C(=O)O)ccc3O)nc2c1O. The fourth-order valence-corrected chi connectivity index (χ4v) is 2.72. The van der Waals surface area contributed by atoms with Crippen LogP contribution in [0.5, 0.6) is 11.5 Å². The van der Waals surface area contributed by atoms with Crippen molar-refractivity contribution in [3.05, 3.63) is 64.3 Å². The Balaban J connectivity index is 2.04. The summed E-state index contributed by atoms with van der Waals surface area (Å²) in [6.45, 7) is 3.78. The van der Waals surface area contributed by atoms with Gasteiger partial charge in [0.05, 0.1) is 11.3 Å². The normalized spacial score (nSPS) is 11.3. The van der Waals surface area contributed by atoms with E-state index in [1.807, 2.05) is 26.0 Å². The first-order chi connectivity index (χ1) is 11.9. The highest BCUT2D eigenvalue weighted by molar-refractivity contribution is 5.91. The number of hydrogen-bond acceptors (Lipinski definition) is 4. The third-order valence-corrected chi connectivity index (χ3v) is 4.08. The van der Waals surface area contributed by atoms with Gasteiger partial charge in [-0.05, 0) is 61.4 Å².